The predicted molar refractivity (Wildman–Crippen MR) is 109 cm³/mol. The summed E-state index contributed by atoms with van der Waals surface area (Å²) >= 11 is 0. The summed E-state index contributed by atoms with van der Waals surface area (Å²) in [6, 6.07) is 0. The van der Waals surface area contributed by atoms with E-state index in [-0.39, 0.29) is 0 Å². The summed E-state index contributed by atoms with van der Waals surface area (Å²) in [6.07, 6.45) is 7.36. The van der Waals surface area contributed by atoms with Crippen LogP contribution in [0.4, 0.5) is 5.82 Å². The Bertz CT molecular complexity index is 734. The van der Waals surface area contributed by atoms with Crippen molar-refractivity contribution < 1.29 is 0 Å². The second-order valence-corrected chi connectivity index (χ2v) is 6.74. The number of nitrogens with one attached hydrogen (secondary N) is 3. The normalized spacial score (nSPS) is 15.9. The van der Waals surface area contributed by atoms with Gasteiger partial charge < -0.3 is 20.9 Å². The first-order valence-electron chi connectivity index (χ1n) is 9.89. The zero-order chi connectivity index (χ0) is 18.9. The van der Waals surface area contributed by atoms with Gasteiger partial charge in [0.25, 0.3) is 0 Å². The molecule has 9 heteroatoms. The Morgan fingerprint density at radius 3 is 2.81 bits per heavy atom. The maximum atomic E-state index is 4.69. The van der Waals surface area contributed by atoms with Crippen molar-refractivity contribution in [2.75, 3.05) is 51.1 Å². The monoisotopic (exact) mass is 373 g/mol. The van der Waals surface area contributed by atoms with Crippen molar-refractivity contribution in [2.24, 2.45) is 12.0 Å². The Hall–Kier alpha value is -2.42. The minimum Gasteiger partial charge on any atom is -0.368 e. The lowest BCUT2D eigenvalue weighted by molar-refractivity contribution is 0.235. The molecule has 9 nitrogen and oxygen atoms in total. The average Bonchev–Trinajstić information content (AvgIpc) is 3.08. The molecule has 0 unspecified atom stereocenters. The molecule has 1 aliphatic heterocycles. The van der Waals surface area contributed by atoms with E-state index in [2.05, 4.69) is 42.8 Å². The lowest BCUT2D eigenvalue weighted by atomic mass is 10.1. The van der Waals surface area contributed by atoms with E-state index in [0.717, 1.165) is 55.5 Å². The summed E-state index contributed by atoms with van der Waals surface area (Å²) < 4.78 is 1.75. The average molecular weight is 374 g/mol. The second kappa shape index (κ2) is 10.1. The van der Waals surface area contributed by atoms with Crippen molar-refractivity contribution in [1.82, 2.24) is 35.3 Å². The third-order valence-electron chi connectivity index (χ3n) is 4.72. The molecule has 27 heavy (non-hydrogen) atoms. The third kappa shape index (κ3) is 5.53. The number of piperidine rings is 1. The van der Waals surface area contributed by atoms with E-state index in [1.165, 1.54) is 32.4 Å². The van der Waals surface area contributed by atoms with Crippen LogP contribution in [0.2, 0.25) is 0 Å². The molecule has 3 heterocycles. The number of rotatable bonds is 8. The van der Waals surface area contributed by atoms with Crippen LogP contribution in [0.5, 0.6) is 0 Å². The molecular weight excluding hydrogens is 342 g/mol. The van der Waals surface area contributed by atoms with Crippen LogP contribution in [0.25, 0.3) is 11.0 Å². The van der Waals surface area contributed by atoms with Crippen LogP contribution in [0, 0.1) is 0 Å². The van der Waals surface area contributed by atoms with E-state index >= 15 is 0 Å². The van der Waals surface area contributed by atoms with Gasteiger partial charge >= 0.3 is 0 Å². The molecule has 3 rings (SSSR count). The molecule has 0 spiro atoms. The highest BCUT2D eigenvalue weighted by Crippen LogP contribution is 2.17. The van der Waals surface area contributed by atoms with E-state index in [1.54, 1.807) is 17.2 Å². The van der Waals surface area contributed by atoms with Gasteiger partial charge in [0.05, 0.1) is 18.1 Å². The van der Waals surface area contributed by atoms with Gasteiger partial charge in [0.15, 0.2) is 11.6 Å². The van der Waals surface area contributed by atoms with Crippen LogP contribution < -0.4 is 16.0 Å². The number of fused-ring (bicyclic) bond motifs is 1. The van der Waals surface area contributed by atoms with Gasteiger partial charge in [0.2, 0.25) is 0 Å². The fourth-order valence-corrected chi connectivity index (χ4v) is 3.29. The summed E-state index contributed by atoms with van der Waals surface area (Å²) in [5.74, 6) is 1.67. The molecule has 1 saturated heterocycles. The topological polar surface area (TPSA) is 95.3 Å². The van der Waals surface area contributed by atoms with Gasteiger partial charge in [-0.05, 0) is 32.9 Å². The zero-order valence-electron chi connectivity index (χ0n) is 16.4. The Kier molecular flexibility index (Phi) is 7.20. The van der Waals surface area contributed by atoms with Crippen molar-refractivity contribution >= 4 is 22.8 Å². The van der Waals surface area contributed by atoms with Crippen molar-refractivity contribution in [2.45, 2.75) is 26.2 Å². The molecule has 148 valence electrons. The lowest BCUT2D eigenvalue weighted by Crippen LogP contribution is -2.40. The van der Waals surface area contributed by atoms with E-state index in [4.69, 9.17) is 4.99 Å². The van der Waals surface area contributed by atoms with Crippen LogP contribution >= 0.6 is 0 Å². The van der Waals surface area contributed by atoms with E-state index < -0.39 is 0 Å². The van der Waals surface area contributed by atoms with Crippen LogP contribution in [0.15, 0.2) is 17.5 Å². The Morgan fingerprint density at radius 1 is 1.15 bits per heavy atom. The molecule has 0 aromatic carbocycles. The van der Waals surface area contributed by atoms with Crippen molar-refractivity contribution in [3.63, 3.8) is 0 Å². The number of aromatic nitrogens is 4. The molecule has 3 N–H and O–H groups in total. The summed E-state index contributed by atoms with van der Waals surface area (Å²) in [5, 5.41) is 15.2. The Morgan fingerprint density at radius 2 is 2.00 bits per heavy atom. The standard InChI is InChI=1S/C18H31N9/c1-3-19-18(22-9-12-27-10-5-4-6-11-27)21-8-7-20-16-15-13-25-26(2)17(15)24-14-23-16/h13-14H,3-12H2,1-2H3,(H2,19,21,22)(H,20,23,24). The molecule has 0 atom stereocenters. The van der Waals surface area contributed by atoms with Crippen molar-refractivity contribution in [1.29, 1.82) is 0 Å². The zero-order valence-corrected chi connectivity index (χ0v) is 16.4. The quantitative estimate of drug-likeness (QED) is 0.358. The third-order valence-corrected chi connectivity index (χ3v) is 4.72. The first-order valence-corrected chi connectivity index (χ1v) is 9.89. The highest BCUT2D eigenvalue weighted by atomic mass is 15.3. The number of hydrogen-bond acceptors (Lipinski definition) is 6. The van der Waals surface area contributed by atoms with Gasteiger partial charge in [-0.15, -0.1) is 0 Å². The van der Waals surface area contributed by atoms with Crippen molar-refractivity contribution in [3.05, 3.63) is 12.5 Å². The summed E-state index contributed by atoms with van der Waals surface area (Å²) in [7, 11) is 1.88. The van der Waals surface area contributed by atoms with Crippen LogP contribution in [0.1, 0.15) is 26.2 Å². The molecule has 2 aromatic heterocycles. The number of anilines is 1. The minimum absolute atomic E-state index is 0.734. The number of hydrogen-bond donors (Lipinski definition) is 3. The smallest absolute Gasteiger partial charge is 0.191 e. The SMILES string of the molecule is CCNC(=NCCN1CCCCC1)NCCNc1ncnc2c1cnn2C. The molecule has 0 bridgehead atoms. The fourth-order valence-electron chi connectivity index (χ4n) is 3.29. The first-order chi connectivity index (χ1) is 13.3. The highest BCUT2D eigenvalue weighted by molar-refractivity contribution is 5.86. The molecule has 2 aromatic rings. The Labute approximate surface area is 160 Å². The molecule has 0 radical (unpaired) electrons. The van der Waals surface area contributed by atoms with Gasteiger partial charge in [-0.25, -0.2) is 9.97 Å². The van der Waals surface area contributed by atoms with E-state index in [9.17, 15) is 0 Å². The highest BCUT2D eigenvalue weighted by Gasteiger charge is 2.09. The number of guanidine groups is 1. The maximum Gasteiger partial charge on any atom is 0.191 e. The number of likely N-dealkylation sites (tertiary alicyclic amines) is 1. The summed E-state index contributed by atoms with van der Waals surface area (Å²) in [4.78, 5) is 15.8. The summed E-state index contributed by atoms with van der Waals surface area (Å²) in [6.45, 7) is 8.71. The van der Waals surface area contributed by atoms with Crippen LogP contribution in [-0.4, -0.2) is 76.4 Å². The molecule has 0 aliphatic carbocycles. The molecular formula is C18H31N9. The van der Waals surface area contributed by atoms with Gasteiger partial charge in [0, 0.05) is 33.2 Å². The van der Waals surface area contributed by atoms with E-state index in [0.29, 0.717) is 0 Å². The van der Waals surface area contributed by atoms with Gasteiger partial charge in [-0.1, -0.05) is 6.42 Å². The minimum atomic E-state index is 0.734. The van der Waals surface area contributed by atoms with E-state index in [1.807, 2.05) is 7.05 Å². The number of aliphatic imine (C=N–C) groups is 1. The lowest BCUT2D eigenvalue weighted by Gasteiger charge is -2.25. The van der Waals surface area contributed by atoms with Gasteiger partial charge in [-0.3, -0.25) is 9.67 Å². The number of nitrogens with zero attached hydrogens (tertiary/aromatic N) is 6. The molecule has 1 fully saturated rings. The van der Waals surface area contributed by atoms with Crippen molar-refractivity contribution in [3.8, 4) is 0 Å². The fraction of sp³-hybridized carbons (Fsp3) is 0.667. The molecule has 0 amide bonds. The predicted octanol–water partition coefficient (Wildman–Crippen LogP) is 0.816. The Balaban J connectivity index is 1.44. The van der Waals surface area contributed by atoms with Gasteiger partial charge in [-0.2, -0.15) is 5.10 Å². The molecule has 0 saturated carbocycles. The second-order valence-electron chi connectivity index (χ2n) is 6.74. The molecule has 1 aliphatic rings. The van der Waals surface area contributed by atoms with Gasteiger partial charge in [0.1, 0.15) is 12.1 Å². The first kappa shape index (κ1) is 19.3. The number of aryl methyl sites for hydroxylation is 1. The largest absolute Gasteiger partial charge is 0.368 e. The van der Waals surface area contributed by atoms with Crippen LogP contribution in [0.3, 0.4) is 0 Å². The van der Waals surface area contributed by atoms with Crippen LogP contribution in [-0.2, 0) is 7.05 Å². The maximum absolute atomic E-state index is 4.69. The summed E-state index contributed by atoms with van der Waals surface area (Å²) in [5.41, 5.74) is 0.827.